The number of carbonyl (C=O) groups excluding carboxylic acids is 2. The second-order valence-corrected chi connectivity index (χ2v) is 7.98. The average Bonchev–Trinajstić information content (AvgIpc) is 3.37. The third kappa shape index (κ3) is 3.89. The number of nitrogens with one attached hydrogen (secondary N) is 1. The molecule has 0 aliphatic carbocycles. The van der Waals surface area contributed by atoms with Gasteiger partial charge in [-0.2, -0.15) is 0 Å². The van der Waals surface area contributed by atoms with Crippen LogP contribution >= 0.6 is 11.3 Å². The molecule has 2 saturated heterocycles. The molecule has 0 unspecified atom stereocenters. The van der Waals surface area contributed by atoms with Crippen LogP contribution in [0.15, 0.2) is 41.8 Å². The van der Waals surface area contributed by atoms with Crippen LogP contribution in [0.3, 0.4) is 0 Å². The van der Waals surface area contributed by atoms with Gasteiger partial charge in [0, 0.05) is 18.0 Å². The number of ether oxygens (including phenoxy) is 1. The Hall–Kier alpha value is -2.25. The summed E-state index contributed by atoms with van der Waals surface area (Å²) in [5, 5.41) is 4.93. The number of thiophene rings is 1. The Morgan fingerprint density at radius 2 is 2.19 bits per heavy atom. The summed E-state index contributed by atoms with van der Waals surface area (Å²) in [6, 6.07) is 9.92. The van der Waals surface area contributed by atoms with Crippen LogP contribution in [0.4, 0.5) is 4.39 Å². The zero-order chi connectivity index (χ0) is 18.8. The van der Waals surface area contributed by atoms with Gasteiger partial charge in [0.05, 0.1) is 31.0 Å². The molecule has 0 spiro atoms. The largest absolute Gasteiger partial charge is 0.375 e. The summed E-state index contributed by atoms with van der Waals surface area (Å²) in [6.07, 6.45) is 0.600. The van der Waals surface area contributed by atoms with E-state index >= 15 is 0 Å². The molecule has 1 N–H and O–H groups in total. The van der Waals surface area contributed by atoms with E-state index in [0.29, 0.717) is 25.3 Å². The Balaban J connectivity index is 1.42. The summed E-state index contributed by atoms with van der Waals surface area (Å²) in [5.41, 5.74) is 0.640. The number of hydrogen-bond donors (Lipinski definition) is 1. The van der Waals surface area contributed by atoms with Crippen molar-refractivity contribution in [3.63, 3.8) is 0 Å². The Morgan fingerprint density at radius 3 is 2.96 bits per heavy atom. The molecule has 0 saturated carbocycles. The smallest absolute Gasteiger partial charge is 0.227 e. The van der Waals surface area contributed by atoms with E-state index in [-0.39, 0.29) is 42.1 Å². The maximum absolute atomic E-state index is 13.4. The second-order valence-electron chi connectivity index (χ2n) is 6.95. The van der Waals surface area contributed by atoms with E-state index in [1.165, 1.54) is 12.1 Å². The fourth-order valence-electron chi connectivity index (χ4n) is 3.93. The van der Waals surface area contributed by atoms with Gasteiger partial charge < -0.3 is 15.0 Å². The standard InChI is InChI=1S/C20H21FN2O3S/c21-14-4-1-3-13(9-14)10-18(24)23-12-16(19-17(23)6-7-26-19)20(25)22-11-15-5-2-8-27-15/h1-5,8-9,16-17,19H,6-7,10-12H2,(H,22,25)/t16-,17-,19-/m1/s1. The summed E-state index contributed by atoms with van der Waals surface area (Å²) >= 11 is 1.59. The van der Waals surface area contributed by atoms with Gasteiger partial charge in [0.2, 0.25) is 11.8 Å². The number of amides is 2. The van der Waals surface area contributed by atoms with E-state index in [0.717, 1.165) is 11.3 Å². The highest BCUT2D eigenvalue weighted by atomic mass is 32.1. The van der Waals surface area contributed by atoms with E-state index in [4.69, 9.17) is 4.74 Å². The maximum Gasteiger partial charge on any atom is 0.227 e. The van der Waals surface area contributed by atoms with Gasteiger partial charge in [0.15, 0.2) is 0 Å². The van der Waals surface area contributed by atoms with Gasteiger partial charge in [-0.1, -0.05) is 18.2 Å². The van der Waals surface area contributed by atoms with Crippen molar-refractivity contribution in [3.8, 4) is 0 Å². The molecule has 5 nitrogen and oxygen atoms in total. The van der Waals surface area contributed by atoms with E-state index in [2.05, 4.69) is 5.32 Å². The summed E-state index contributed by atoms with van der Waals surface area (Å²) in [6.45, 7) is 1.38. The van der Waals surface area contributed by atoms with Crippen molar-refractivity contribution >= 4 is 23.2 Å². The predicted octanol–water partition coefficient (Wildman–Crippen LogP) is 2.36. The quantitative estimate of drug-likeness (QED) is 0.856. The van der Waals surface area contributed by atoms with Gasteiger partial charge in [-0.3, -0.25) is 9.59 Å². The van der Waals surface area contributed by atoms with Crippen LogP contribution < -0.4 is 5.32 Å². The minimum absolute atomic E-state index is 0.0800. The number of halogens is 1. The lowest BCUT2D eigenvalue weighted by Crippen LogP contribution is -2.38. The number of fused-ring (bicyclic) bond motifs is 1. The van der Waals surface area contributed by atoms with Crippen molar-refractivity contribution in [2.45, 2.75) is 31.5 Å². The number of rotatable bonds is 5. The molecule has 4 rings (SSSR count). The van der Waals surface area contributed by atoms with Crippen LogP contribution in [0.25, 0.3) is 0 Å². The average molecular weight is 388 g/mol. The number of hydrogen-bond acceptors (Lipinski definition) is 4. The Kier molecular flexibility index (Phi) is 5.22. The number of benzene rings is 1. The minimum Gasteiger partial charge on any atom is -0.375 e. The Morgan fingerprint density at radius 1 is 1.30 bits per heavy atom. The number of nitrogens with zero attached hydrogens (tertiary/aromatic N) is 1. The predicted molar refractivity (Wildman–Crippen MR) is 99.6 cm³/mol. The van der Waals surface area contributed by atoms with Gasteiger partial charge in [-0.25, -0.2) is 4.39 Å². The highest BCUT2D eigenvalue weighted by molar-refractivity contribution is 7.09. The molecule has 3 heterocycles. The molecule has 2 fully saturated rings. The lowest BCUT2D eigenvalue weighted by Gasteiger charge is -2.22. The first kappa shape index (κ1) is 18.1. The maximum atomic E-state index is 13.4. The SMILES string of the molecule is O=C(NCc1cccs1)[C@@H]1CN(C(=O)Cc2cccc(F)c2)[C@@H]2CCO[C@@H]21. The van der Waals surface area contributed by atoms with Crippen LogP contribution in [0.2, 0.25) is 0 Å². The zero-order valence-electron chi connectivity index (χ0n) is 14.8. The van der Waals surface area contributed by atoms with Gasteiger partial charge in [-0.05, 0) is 35.6 Å². The molecule has 1 aromatic carbocycles. The van der Waals surface area contributed by atoms with Crippen LogP contribution in [-0.2, 0) is 27.3 Å². The van der Waals surface area contributed by atoms with E-state index < -0.39 is 0 Å². The van der Waals surface area contributed by atoms with E-state index in [1.807, 2.05) is 17.5 Å². The molecule has 0 bridgehead atoms. The molecule has 142 valence electrons. The number of likely N-dealkylation sites (tertiary alicyclic amines) is 1. The van der Waals surface area contributed by atoms with Gasteiger partial charge >= 0.3 is 0 Å². The van der Waals surface area contributed by atoms with Crippen molar-refractivity contribution in [2.75, 3.05) is 13.2 Å². The molecule has 0 radical (unpaired) electrons. The molecule has 3 atom stereocenters. The first-order valence-corrected chi connectivity index (χ1v) is 9.95. The van der Waals surface area contributed by atoms with Crippen molar-refractivity contribution in [3.05, 3.63) is 58.0 Å². The third-order valence-electron chi connectivity index (χ3n) is 5.21. The monoisotopic (exact) mass is 388 g/mol. The molecule has 2 amide bonds. The normalized spacial score (nSPS) is 24.0. The van der Waals surface area contributed by atoms with Crippen LogP contribution in [0.5, 0.6) is 0 Å². The molecular weight excluding hydrogens is 367 g/mol. The zero-order valence-corrected chi connectivity index (χ0v) is 15.6. The summed E-state index contributed by atoms with van der Waals surface area (Å²) in [7, 11) is 0. The summed E-state index contributed by atoms with van der Waals surface area (Å²) in [5.74, 6) is -0.889. The fraction of sp³-hybridized carbons (Fsp3) is 0.400. The van der Waals surface area contributed by atoms with Crippen molar-refractivity contribution < 1.29 is 18.7 Å². The van der Waals surface area contributed by atoms with Gasteiger partial charge in [0.1, 0.15) is 5.82 Å². The fourth-order valence-corrected chi connectivity index (χ4v) is 4.57. The van der Waals surface area contributed by atoms with E-state index in [9.17, 15) is 14.0 Å². The summed E-state index contributed by atoms with van der Waals surface area (Å²) in [4.78, 5) is 28.3. The lowest BCUT2D eigenvalue weighted by molar-refractivity contribution is -0.131. The third-order valence-corrected chi connectivity index (χ3v) is 6.09. The van der Waals surface area contributed by atoms with Gasteiger partial charge in [-0.15, -0.1) is 11.3 Å². The molecule has 27 heavy (non-hydrogen) atoms. The van der Waals surface area contributed by atoms with Gasteiger partial charge in [0.25, 0.3) is 0 Å². The van der Waals surface area contributed by atoms with E-state index in [1.54, 1.807) is 28.4 Å². The Labute approximate surface area is 161 Å². The van der Waals surface area contributed by atoms with Crippen LogP contribution in [-0.4, -0.2) is 42.0 Å². The molecule has 1 aromatic heterocycles. The molecule has 7 heteroatoms. The topological polar surface area (TPSA) is 58.6 Å². The molecule has 2 aliphatic rings. The minimum atomic E-state index is -0.367. The first-order chi connectivity index (χ1) is 13.1. The second kappa shape index (κ2) is 7.78. The van der Waals surface area contributed by atoms with Crippen molar-refractivity contribution in [1.82, 2.24) is 10.2 Å². The molecule has 2 aromatic rings. The highest BCUT2D eigenvalue weighted by Gasteiger charge is 2.50. The number of carbonyl (C=O) groups is 2. The van der Waals surface area contributed by atoms with Crippen LogP contribution in [0.1, 0.15) is 16.9 Å². The molecule has 2 aliphatic heterocycles. The van der Waals surface area contributed by atoms with Crippen LogP contribution in [0, 0.1) is 11.7 Å². The highest BCUT2D eigenvalue weighted by Crippen LogP contribution is 2.34. The molecular formula is C20H21FN2O3S. The first-order valence-electron chi connectivity index (χ1n) is 9.07. The summed E-state index contributed by atoms with van der Waals surface area (Å²) < 4.78 is 19.2. The van der Waals surface area contributed by atoms with Crippen molar-refractivity contribution in [2.24, 2.45) is 5.92 Å². The van der Waals surface area contributed by atoms with Crippen molar-refractivity contribution in [1.29, 1.82) is 0 Å². The lowest BCUT2D eigenvalue weighted by atomic mass is 10.0. The Bertz CT molecular complexity index is 826.